The van der Waals surface area contributed by atoms with E-state index < -0.39 is 48.5 Å². The van der Waals surface area contributed by atoms with Gasteiger partial charge in [0.15, 0.2) is 0 Å². The van der Waals surface area contributed by atoms with Crippen molar-refractivity contribution in [2.75, 3.05) is 6.61 Å². The molecule has 5 N–H and O–H groups in total. The normalized spacial score (nSPS) is 39.4. The third-order valence-corrected chi connectivity index (χ3v) is 4.39. The first-order valence-corrected chi connectivity index (χ1v) is 6.68. The molecule has 2 aliphatic rings. The highest BCUT2D eigenvalue weighted by Gasteiger charge is 2.48. The summed E-state index contributed by atoms with van der Waals surface area (Å²) in [5.41, 5.74) is -0.524. The molecule has 108 valence electrons. The smallest absolute Gasteiger partial charge is 0.405 e. The van der Waals surface area contributed by atoms with Crippen LogP contribution in [0.2, 0.25) is 0 Å². The molecule has 9 heteroatoms. The Morgan fingerprint density at radius 1 is 1.53 bits per heavy atom. The van der Waals surface area contributed by atoms with Gasteiger partial charge in [-0.25, -0.2) is 4.79 Å². The molecule has 1 unspecified atom stereocenters. The van der Waals surface area contributed by atoms with Gasteiger partial charge in [0, 0.05) is 0 Å². The molecule has 2 aliphatic heterocycles. The molecular formula is C10H16N2O6S. The van der Waals surface area contributed by atoms with Crippen LogP contribution in [-0.4, -0.2) is 74.0 Å². The second kappa shape index (κ2) is 5.63. The zero-order valence-electron chi connectivity index (χ0n) is 10.1. The van der Waals surface area contributed by atoms with Gasteiger partial charge in [-0.1, -0.05) is 11.8 Å². The van der Waals surface area contributed by atoms with E-state index in [1.165, 1.54) is 11.8 Å². The lowest BCUT2D eigenvalue weighted by Crippen LogP contribution is -2.55. The largest absolute Gasteiger partial charge is 0.465 e. The fourth-order valence-electron chi connectivity index (χ4n) is 2.06. The Kier molecular flexibility index (Phi) is 4.31. The van der Waals surface area contributed by atoms with E-state index in [0.29, 0.717) is 5.04 Å². The van der Waals surface area contributed by atoms with Gasteiger partial charge in [0.05, 0.1) is 17.7 Å². The number of nitrogens with zero attached hydrogens (tertiary/aromatic N) is 1. The van der Waals surface area contributed by atoms with Crippen LogP contribution in [0.1, 0.15) is 6.92 Å². The maximum Gasteiger partial charge on any atom is 0.405 e. The number of carboxylic acid groups (broad SMARTS) is 1. The summed E-state index contributed by atoms with van der Waals surface area (Å²) in [6.45, 7) is 1.23. The fourth-order valence-corrected chi connectivity index (χ4v) is 3.30. The number of carbonyl (C=O) groups is 1. The predicted molar refractivity (Wildman–Crippen MR) is 67.2 cm³/mol. The minimum atomic E-state index is -1.21. The van der Waals surface area contributed by atoms with Crippen LogP contribution in [0.3, 0.4) is 0 Å². The molecule has 0 aliphatic carbocycles. The summed E-state index contributed by atoms with van der Waals surface area (Å²) >= 11 is 1.19. The molecule has 0 saturated carbocycles. The standard InChI is InChI=1S/C10H16N2O6S/c1-3(11-10(16)17)8-12-5-7(15)6(14)4(2-13)18-9(5)19-8/h3-7,9,11,13-15H,2H2,1H3,(H,16,17)/t3?,4-,5-,6-,7-,9-/m1/s1. The van der Waals surface area contributed by atoms with Crippen LogP contribution in [0.25, 0.3) is 0 Å². The molecule has 0 aromatic heterocycles. The van der Waals surface area contributed by atoms with E-state index in [9.17, 15) is 15.0 Å². The number of fused-ring (bicyclic) bond motifs is 1. The zero-order valence-corrected chi connectivity index (χ0v) is 10.9. The number of nitrogens with one attached hydrogen (secondary N) is 1. The van der Waals surface area contributed by atoms with Crippen molar-refractivity contribution in [2.24, 2.45) is 4.99 Å². The molecule has 0 radical (unpaired) electrons. The second-order valence-electron chi connectivity index (χ2n) is 4.45. The Balaban J connectivity index is 2.08. The minimum Gasteiger partial charge on any atom is -0.465 e. The zero-order chi connectivity index (χ0) is 14.2. The highest BCUT2D eigenvalue weighted by Crippen LogP contribution is 2.37. The number of amides is 1. The summed E-state index contributed by atoms with van der Waals surface area (Å²) in [7, 11) is 0. The number of aliphatic hydroxyl groups is 3. The molecule has 1 amide bonds. The number of rotatable bonds is 3. The fraction of sp³-hybridized carbons (Fsp3) is 0.800. The number of thioether (sulfide) groups is 1. The average molecular weight is 292 g/mol. The van der Waals surface area contributed by atoms with E-state index in [1.807, 2.05) is 0 Å². The number of hydrogen-bond acceptors (Lipinski definition) is 7. The molecule has 8 nitrogen and oxygen atoms in total. The Hall–Kier alpha value is -0.870. The molecule has 0 aromatic rings. The molecule has 6 atom stereocenters. The van der Waals surface area contributed by atoms with Crippen LogP contribution in [0.15, 0.2) is 4.99 Å². The summed E-state index contributed by atoms with van der Waals surface area (Å²) in [6, 6.07) is -1.18. The first kappa shape index (κ1) is 14.5. The maximum atomic E-state index is 10.6. The van der Waals surface area contributed by atoms with Crippen LogP contribution in [0, 0.1) is 0 Å². The lowest BCUT2D eigenvalue weighted by Gasteiger charge is -2.37. The van der Waals surface area contributed by atoms with E-state index >= 15 is 0 Å². The van der Waals surface area contributed by atoms with Crippen molar-refractivity contribution in [1.29, 1.82) is 0 Å². The van der Waals surface area contributed by atoms with Crippen molar-refractivity contribution < 1.29 is 30.0 Å². The first-order valence-electron chi connectivity index (χ1n) is 5.80. The van der Waals surface area contributed by atoms with Gasteiger partial charge in [0.2, 0.25) is 0 Å². The molecule has 19 heavy (non-hydrogen) atoms. The van der Waals surface area contributed by atoms with Crippen molar-refractivity contribution in [3.8, 4) is 0 Å². The van der Waals surface area contributed by atoms with Gasteiger partial charge < -0.3 is 30.5 Å². The molecule has 0 aromatic carbocycles. The van der Waals surface area contributed by atoms with E-state index in [-0.39, 0.29) is 0 Å². The number of ether oxygens (including phenoxy) is 1. The van der Waals surface area contributed by atoms with Gasteiger partial charge in [-0.05, 0) is 6.92 Å². The van der Waals surface area contributed by atoms with E-state index in [1.54, 1.807) is 6.92 Å². The van der Waals surface area contributed by atoms with Crippen LogP contribution >= 0.6 is 11.8 Å². The lowest BCUT2D eigenvalue weighted by molar-refractivity contribution is -0.164. The SMILES string of the molecule is CC(NC(=O)O)C1=N[C@@H]2[C@@H](O)[C@H](O)[C@@H](CO)O[C@@H]2S1. The summed E-state index contributed by atoms with van der Waals surface area (Å²) in [6.07, 6.45) is -4.38. The highest BCUT2D eigenvalue weighted by atomic mass is 32.2. The topological polar surface area (TPSA) is 132 Å². The van der Waals surface area contributed by atoms with Crippen molar-refractivity contribution in [3.63, 3.8) is 0 Å². The predicted octanol–water partition coefficient (Wildman–Crippen LogP) is -1.40. The van der Waals surface area contributed by atoms with Gasteiger partial charge in [0.25, 0.3) is 0 Å². The van der Waals surface area contributed by atoms with Crippen molar-refractivity contribution in [1.82, 2.24) is 5.32 Å². The summed E-state index contributed by atoms with van der Waals surface area (Å²) in [5.74, 6) is 0. The van der Waals surface area contributed by atoms with Gasteiger partial charge >= 0.3 is 6.09 Å². The summed E-state index contributed by atoms with van der Waals surface area (Å²) in [4.78, 5) is 14.8. The summed E-state index contributed by atoms with van der Waals surface area (Å²) in [5, 5.41) is 40.1. The molecule has 1 fully saturated rings. The Bertz CT molecular complexity index is 392. The monoisotopic (exact) mass is 292 g/mol. The minimum absolute atomic E-state index is 0.403. The van der Waals surface area contributed by atoms with Gasteiger partial charge in [-0.3, -0.25) is 4.99 Å². The molecule has 2 rings (SSSR count). The van der Waals surface area contributed by atoms with Crippen LogP contribution < -0.4 is 5.32 Å². The van der Waals surface area contributed by atoms with Crippen LogP contribution in [0.5, 0.6) is 0 Å². The number of hydrogen-bond donors (Lipinski definition) is 5. The van der Waals surface area contributed by atoms with Gasteiger partial charge in [-0.15, -0.1) is 0 Å². The van der Waals surface area contributed by atoms with E-state index in [4.69, 9.17) is 14.9 Å². The molecule has 0 spiro atoms. The van der Waals surface area contributed by atoms with Crippen LogP contribution in [-0.2, 0) is 4.74 Å². The second-order valence-corrected chi connectivity index (χ2v) is 5.57. The molecule has 0 bridgehead atoms. The van der Waals surface area contributed by atoms with Crippen molar-refractivity contribution >= 4 is 22.9 Å². The quantitative estimate of drug-likeness (QED) is 0.432. The van der Waals surface area contributed by atoms with Crippen molar-refractivity contribution in [3.05, 3.63) is 0 Å². The van der Waals surface area contributed by atoms with E-state index in [2.05, 4.69) is 10.3 Å². The van der Waals surface area contributed by atoms with Gasteiger partial charge in [-0.2, -0.15) is 0 Å². The average Bonchev–Trinajstić information content (AvgIpc) is 2.77. The molecule has 1 saturated heterocycles. The van der Waals surface area contributed by atoms with Gasteiger partial charge in [0.1, 0.15) is 29.8 Å². The third-order valence-electron chi connectivity index (χ3n) is 3.07. The Labute approximate surface area is 113 Å². The Morgan fingerprint density at radius 2 is 2.21 bits per heavy atom. The van der Waals surface area contributed by atoms with Crippen molar-refractivity contribution in [2.45, 2.75) is 42.8 Å². The number of aliphatic hydroxyl groups excluding tert-OH is 3. The Morgan fingerprint density at radius 3 is 2.79 bits per heavy atom. The van der Waals surface area contributed by atoms with E-state index in [0.717, 1.165) is 0 Å². The highest BCUT2D eigenvalue weighted by molar-refractivity contribution is 8.14. The number of aliphatic imine (C=N–C) groups is 1. The molecular weight excluding hydrogens is 276 g/mol. The summed E-state index contributed by atoms with van der Waals surface area (Å²) < 4.78 is 5.44. The lowest BCUT2D eigenvalue weighted by atomic mass is 9.99. The maximum absolute atomic E-state index is 10.6. The molecule has 2 heterocycles. The third kappa shape index (κ3) is 2.84. The van der Waals surface area contributed by atoms with Crippen LogP contribution in [0.4, 0.5) is 4.79 Å². The first-order chi connectivity index (χ1) is 8.93.